The normalized spacial score (nSPS) is 11.1. The second-order valence-corrected chi connectivity index (χ2v) is 3.70. The summed E-state index contributed by atoms with van der Waals surface area (Å²) < 4.78 is 10.2. The number of ether oxygens (including phenoxy) is 2. The molecule has 0 spiro atoms. The van der Waals surface area contributed by atoms with Gasteiger partial charge in [-0.25, -0.2) is 4.79 Å². The van der Waals surface area contributed by atoms with Crippen molar-refractivity contribution in [2.24, 2.45) is 0 Å². The van der Waals surface area contributed by atoms with Crippen LogP contribution in [0.3, 0.4) is 0 Å². The van der Waals surface area contributed by atoms with Gasteiger partial charge in [0.1, 0.15) is 12.4 Å². The summed E-state index contributed by atoms with van der Waals surface area (Å²) in [4.78, 5) is 11.3. The van der Waals surface area contributed by atoms with Crippen LogP contribution in [0, 0.1) is 11.3 Å². The van der Waals surface area contributed by atoms with Crippen LogP contribution in [0.1, 0.15) is 12.5 Å². The third kappa shape index (κ3) is 4.68. The van der Waals surface area contributed by atoms with E-state index >= 15 is 0 Å². The molecule has 0 saturated heterocycles. The molecule has 0 aromatic heterocycles. The number of hydrogen-bond acceptors (Lipinski definition) is 4. The smallest absolute Gasteiger partial charge is 0.333 e. The average molecular weight is 257 g/mol. The van der Waals surface area contributed by atoms with E-state index in [0.29, 0.717) is 17.9 Å². The Morgan fingerprint density at radius 2 is 2.16 bits per heavy atom. The summed E-state index contributed by atoms with van der Waals surface area (Å²) in [7, 11) is 1.34. The van der Waals surface area contributed by atoms with Gasteiger partial charge in [-0.1, -0.05) is 18.2 Å². The maximum atomic E-state index is 11.3. The number of benzene rings is 1. The van der Waals surface area contributed by atoms with E-state index in [-0.39, 0.29) is 5.97 Å². The van der Waals surface area contributed by atoms with Crippen molar-refractivity contribution in [3.05, 3.63) is 47.6 Å². The van der Waals surface area contributed by atoms with Gasteiger partial charge in [-0.05, 0) is 25.1 Å². The van der Waals surface area contributed by atoms with Gasteiger partial charge in [0.15, 0.2) is 0 Å². The van der Waals surface area contributed by atoms with E-state index in [1.807, 2.05) is 24.3 Å². The van der Waals surface area contributed by atoms with Gasteiger partial charge in [-0.15, -0.1) is 0 Å². The van der Waals surface area contributed by atoms with Crippen LogP contribution >= 0.6 is 0 Å². The zero-order chi connectivity index (χ0) is 14.1. The van der Waals surface area contributed by atoms with Crippen molar-refractivity contribution in [3.8, 4) is 11.8 Å². The van der Waals surface area contributed by atoms with Crippen LogP contribution in [0.2, 0.25) is 0 Å². The molecule has 19 heavy (non-hydrogen) atoms. The fourth-order valence-electron chi connectivity index (χ4n) is 1.42. The second kappa shape index (κ2) is 7.72. The van der Waals surface area contributed by atoms with Crippen molar-refractivity contribution in [3.63, 3.8) is 0 Å². The lowest BCUT2D eigenvalue weighted by Crippen LogP contribution is -2.01. The zero-order valence-corrected chi connectivity index (χ0v) is 10.9. The molecule has 1 rings (SSSR count). The van der Waals surface area contributed by atoms with Crippen molar-refractivity contribution in [2.75, 3.05) is 13.7 Å². The number of carbonyl (C=O) groups excluding carboxylic acids is 1. The summed E-state index contributed by atoms with van der Waals surface area (Å²) in [5, 5.41) is 8.37. The number of nitrogens with zero attached hydrogens (tertiary/aromatic N) is 1. The molecular weight excluding hydrogens is 242 g/mol. The molecule has 0 aliphatic rings. The lowest BCUT2D eigenvalue weighted by Gasteiger charge is -2.07. The largest absolute Gasteiger partial charge is 0.489 e. The van der Waals surface area contributed by atoms with E-state index in [1.54, 1.807) is 25.1 Å². The third-order valence-corrected chi connectivity index (χ3v) is 2.33. The Hall–Kier alpha value is -2.54. The summed E-state index contributed by atoms with van der Waals surface area (Å²) >= 11 is 0. The minimum atomic E-state index is -0.376. The van der Waals surface area contributed by atoms with Gasteiger partial charge in [0.05, 0.1) is 13.2 Å². The van der Waals surface area contributed by atoms with Gasteiger partial charge in [0, 0.05) is 17.2 Å². The molecule has 0 amide bonds. The van der Waals surface area contributed by atoms with Crippen molar-refractivity contribution in [1.29, 1.82) is 5.26 Å². The maximum absolute atomic E-state index is 11.3. The Balaban J connectivity index is 2.87. The SMILES string of the molecule is COC(=O)/C(C)=C/c1ccccc1OCC=CC#N. The summed E-state index contributed by atoms with van der Waals surface area (Å²) in [5.41, 5.74) is 1.28. The van der Waals surface area contributed by atoms with Crippen molar-refractivity contribution < 1.29 is 14.3 Å². The van der Waals surface area contributed by atoms with Crippen LogP contribution < -0.4 is 4.74 Å². The first-order chi connectivity index (χ1) is 9.19. The highest BCUT2D eigenvalue weighted by atomic mass is 16.5. The van der Waals surface area contributed by atoms with Gasteiger partial charge in [-0.3, -0.25) is 0 Å². The van der Waals surface area contributed by atoms with Crippen LogP contribution in [0.4, 0.5) is 0 Å². The molecule has 0 heterocycles. The van der Waals surface area contributed by atoms with Gasteiger partial charge < -0.3 is 9.47 Å². The number of carbonyl (C=O) groups is 1. The molecule has 98 valence electrons. The van der Waals surface area contributed by atoms with E-state index in [2.05, 4.69) is 4.74 Å². The number of para-hydroxylation sites is 1. The summed E-state index contributed by atoms with van der Waals surface area (Å²) in [6, 6.07) is 9.23. The summed E-state index contributed by atoms with van der Waals surface area (Å²) in [5.74, 6) is 0.271. The minimum absolute atomic E-state index is 0.301. The quantitative estimate of drug-likeness (QED) is 0.462. The van der Waals surface area contributed by atoms with Crippen molar-refractivity contribution >= 4 is 12.0 Å². The molecule has 0 N–H and O–H groups in total. The maximum Gasteiger partial charge on any atom is 0.333 e. The van der Waals surface area contributed by atoms with Crippen LogP contribution in [-0.2, 0) is 9.53 Å². The first-order valence-electron chi connectivity index (χ1n) is 5.72. The number of esters is 1. The molecule has 0 aliphatic carbocycles. The highest BCUT2D eigenvalue weighted by Crippen LogP contribution is 2.21. The van der Waals surface area contributed by atoms with Gasteiger partial charge in [-0.2, -0.15) is 5.26 Å². The zero-order valence-electron chi connectivity index (χ0n) is 10.9. The molecule has 1 aromatic rings. The predicted molar refractivity (Wildman–Crippen MR) is 72.4 cm³/mol. The molecular formula is C15H15NO3. The fraction of sp³-hybridized carbons (Fsp3) is 0.200. The molecule has 4 heteroatoms. The topological polar surface area (TPSA) is 59.3 Å². The fourth-order valence-corrected chi connectivity index (χ4v) is 1.42. The third-order valence-electron chi connectivity index (χ3n) is 2.33. The highest BCUT2D eigenvalue weighted by molar-refractivity contribution is 5.93. The molecule has 1 aromatic carbocycles. The first kappa shape index (κ1) is 14.5. The van der Waals surface area contributed by atoms with Crippen LogP contribution in [0.15, 0.2) is 42.0 Å². The van der Waals surface area contributed by atoms with Crippen LogP contribution in [0.25, 0.3) is 6.08 Å². The van der Waals surface area contributed by atoms with Crippen molar-refractivity contribution in [2.45, 2.75) is 6.92 Å². The Bertz CT molecular complexity index is 539. The minimum Gasteiger partial charge on any atom is -0.489 e. The molecule has 0 fully saturated rings. The standard InChI is InChI=1S/C15H15NO3/c1-12(15(17)18-2)11-13-7-3-4-8-14(13)19-10-6-5-9-16/h3-8,11H,10H2,1-2H3/b6-5?,12-11+. The lowest BCUT2D eigenvalue weighted by atomic mass is 10.1. The van der Waals surface area contributed by atoms with E-state index in [0.717, 1.165) is 5.56 Å². The van der Waals surface area contributed by atoms with E-state index in [9.17, 15) is 4.79 Å². The van der Waals surface area contributed by atoms with Gasteiger partial charge in [0.25, 0.3) is 0 Å². The van der Waals surface area contributed by atoms with Gasteiger partial charge in [0.2, 0.25) is 0 Å². The molecule has 0 bridgehead atoms. The van der Waals surface area contributed by atoms with Crippen LogP contribution in [-0.4, -0.2) is 19.7 Å². The Kier molecular flexibility index (Phi) is 5.90. The number of methoxy groups -OCH3 is 1. The average Bonchev–Trinajstić information content (AvgIpc) is 2.44. The molecule has 0 aliphatic heterocycles. The molecule has 4 nitrogen and oxygen atoms in total. The molecule has 0 radical (unpaired) electrons. The van der Waals surface area contributed by atoms with Crippen LogP contribution in [0.5, 0.6) is 5.75 Å². The highest BCUT2D eigenvalue weighted by Gasteiger charge is 2.05. The van der Waals surface area contributed by atoms with E-state index < -0.39 is 0 Å². The molecule has 0 unspecified atom stereocenters. The predicted octanol–water partition coefficient (Wildman–Crippen LogP) is 2.72. The summed E-state index contributed by atoms with van der Waals surface area (Å²) in [6.07, 6.45) is 4.68. The van der Waals surface area contributed by atoms with Crippen molar-refractivity contribution in [1.82, 2.24) is 0 Å². The molecule has 0 atom stereocenters. The number of hydrogen-bond donors (Lipinski definition) is 0. The monoisotopic (exact) mass is 257 g/mol. The second-order valence-electron chi connectivity index (χ2n) is 3.70. The Labute approximate surface area is 112 Å². The summed E-state index contributed by atoms with van der Waals surface area (Å²) in [6.45, 7) is 1.98. The number of allylic oxidation sites excluding steroid dienone is 1. The van der Waals surface area contributed by atoms with E-state index in [1.165, 1.54) is 13.2 Å². The van der Waals surface area contributed by atoms with Gasteiger partial charge >= 0.3 is 5.97 Å². The Morgan fingerprint density at radius 1 is 1.42 bits per heavy atom. The lowest BCUT2D eigenvalue weighted by molar-refractivity contribution is -0.135. The molecule has 0 saturated carbocycles. The van der Waals surface area contributed by atoms with E-state index in [4.69, 9.17) is 10.00 Å². The number of rotatable bonds is 5. The number of nitriles is 1. The first-order valence-corrected chi connectivity index (χ1v) is 5.72. The Morgan fingerprint density at radius 3 is 2.84 bits per heavy atom.